The van der Waals surface area contributed by atoms with E-state index in [0.717, 1.165) is 22.3 Å². The number of nitrogen functional groups attached to an aromatic ring is 1. The Labute approximate surface area is 94.6 Å². The van der Waals surface area contributed by atoms with Gasteiger partial charge in [-0.2, -0.15) is 0 Å². The number of aryl methyl sites for hydroxylation is 1. The summed E-state index contributed by atoms with van der Waals surface area (Å²) in [6.07, 6.45) is 2.47. The minimum atomic E-state index is 0.608. The van der Waals surface area contributed by atoms with Crippen LogP contribution in [0.5, 0.6) is 0 Å². The average Bonchev–Trinajstić information content (AvgIpc) is 3.11. The van der Waals surface area contributed by atoms with Crippen molar-refractivity contribution >= 4 is 16.6 Å². The number of benzene rings is 1. The summed E-state index contributed by atoms with van der Waals surface area (Å²) in [7, 11) is 0. The van der Waals surface area contributed by atoms with E-state index in [9.17, 15) is 0 Å². The molecule has 0 saturated heterocycles. The van der Waals surface area contributed by atoms with Gasteiger partial charge in [-0.15, -0.1) is 0 Å². The fourth-order valence-electron chi connectivity index (χ4n) is 2.09. The third-order valence-electron chi connectivity index (χ3n) is 3.12. The van der Waals surface area contributed by atoms with Crippen LogP contribution in [0.1, 0.15) is 30.0 Å². The third-order valence-corrected chi connectivity index (χ3v) is 3.12. The lowest BCUT2D eigenvalue weighted by Crippen LogP contribution is -2.10. The molecule has 3 N–H and O–H groups in total. The molecule has 1 fully saturated rings. The highest BCUT2D eigenvalue weighted by Crippen LogP contribution is 2.42. The second-order valence-corrected chi connectivity index (χ2v) is 4.54. The van der Waals surface area contributed by atoms with Gasteiger partial charge in [0, 0.05) is 11.3 Å². The molecule has 2 aromatic rings. The molecule has 1 aromatic heterocycles. The highest BCUT2D eigenvalue weighted by Gasteiger charge is 2.27. The first-order valence-electron chi connectivity index (χ1n) is 5.66. The standard InChI is InChI=1S/C13H15N3/c1-8-2-5-11-10(6-8)7-12(16-14)13(15-11)9-3-4-9/h2,5-7,9,16H,3-4,14H2,1H3. The van der Waals surface area contributed by atoms with Crippen LogP contribution >= 0.6 is 0 Å². The van der Waals surface area contributed by atoms with Crippen LogP contribution in [0, 0.1) is 6.92 Å². The van der Waals surface area contributed by atoms with Gasteiger partial charge in [-0.3, -0.25) is 10.8 Å². The van der Waals surface area contributed by atoms with E-state index in [4.69, 9.17) is 10.8 Å². The Bertz CT molecular complexity index is 544. The van der Waals surface area contributed by atoms with E-state index in [2.05, 4.69) is 36.6 Å². The van der Waals surface area contributed by atoms with Crippen molar-refractivity contribution in [2.75, 3.05) is 5.43 Å². The van der Waals surface area contributed by atoms with Crippen molar-refractivity contribution in [1.29, 1.82) is 0 Å². The van der Waals surface area contributed by atoms with Gasteiger partial charge in [0.05, 0.1) is 16.9 Å². The number of aromatic nitrogens is 1. The number of nitrogens with two attached hydrogens (primary N) is 1. The molecule has 0 atom stereocenters. The van der Waals surface area contributed by atoms with E-state index >= 15 is 0 Å². The van der Waals surface area contributed by atoms with Crippen molar-refractivity contribution in [3.63, 3.8) is 0 Å². The number of anilines is 1. The maximum atomic E-state index is 5.56. The van der Waals surface area contributed by atoms with Crippen LogP contribution in [0.3, 0.4) is 0 Å². The number of rotatable bonds is 2. The van der Waals surface area contributed by atoms with Crippen LogP contribution in [-0.2, 0) is 0 Å². The molecule has 0 spiro atoms. The molecule has 16 heavy (non-hydrogen) atoms. The Hall–Kier alpha value is -1.61. The Morgan fingerprint density at radius 1 is 1.31 bits per heavy atom. The molecule has 1 aromatic carbocycles. The van der Waals surface area contributed by atoms with Gasteiger partial charge in [-0.05, 0) is 38.0 Å². The summed E-state index contributed by atoms with van der Waals surface area (Å²) in [6.45, 7) is 2.09. The highest BCUT2D eigenvalue weighted by atomic mass is 15.2. The van der Waals surface area contributed by atoms with Crippen molar-refractivity contribution in [2.24, 2.45) is 5.84 Å². The van der Waals surface area contributed by atoms with E-state index in [-0.39, 0.29) is 0 Å². The number of hydrogen-bond acceptors (Lipinski definition) is 3. The average molecular weight is 213 g/mol. The van der Waals surface area contributed by atoms with Crippen molar-refractivity contribution in [3.8, 4) is 0 Å². The smallest absolute Gasteiger partial charge is 0.0710 e. The van der Waals surface area contributed by atoms with Gasteiger partial charge < -0.3 is 5.43 Å². The van der Waals surface area contributed by atoms with Crippen LogP contribution in [0.2, 0.25) is 0 Å². The first-order chi connectivity index (χ1) is 7.78. The van der Waals surface area contributed by atoms with E-state index < -0.39 is 0 Å². The number of nitrogens with one attached hydrogen (secondary N) is 1. The minimum Gasteiger partial charge on any atom is -0.322 e. The SMILES string of the molecule is Cc1ccc2nc(C3CC3)c(NN)cc2c1. The normalized spacial score (nSPS) is 15.4. The molecule has 3 rings (SSSR count). The van der Waals surface area contributed by atoms with Crippen LogP contribution < -0.4 is 11.3 Å². The molecule has 0 aliphatic heterocycles. The molecule has 3 heteroatoms. The molecule has 0 bridgehead atoms. The molecule has 1 heterocycles. The summed E-state index contributed by atoms with van der Waals surface area (Å²) in [5.41, 5.74) is 7.17. The zero-order valence-corrected chi connectivity index (χ0v) is 9.33. The largest absolute Gasteiger partial charge is 0.322 e. The van der Waals surface area contributed by atoms with Crippen LogP contribution in [0.25, 0.3) is 10.9 Å². The van der Waals surface area contributed by atoms with E-state index in [1.165, 1.54) is 18.4 Å². The topological polar surface area (TPSA) is 50.9 Å². The second kappa shape index (κ2) is 3.46. The quantitative estimate of drug-likeness (QED) is 0.595. The number of pyridine rings is 1. The summed E-state index contributed by atoms with van der Waals surface area (Å²) in [4.78, 5) is 4.71. The monoisotopic (exact) mass is 213 g/mol. The van der Waals surface area contributed by atoms with Gasteiger partial charge in [0.15, 0.2) is 0 Å². The number of hydrazine groups is 1. The zero-order chi connectivity index (χ0) is 11.1. The molecule has 0 unspecified atom stereocenters. The molecule has 0 amide bonds. The van der Waals surface area contributed by atoms with Gasteiger partial charge in [-0.1, -0.05) is 11.6 Å². The summed E-state index contributed by atoms with van der Waals surface area (Å²) < 4.78 is 0. The summed E-state index contributed by atoms with van der Waals surface area (Å²) in [5.74, 6) is 6.16. The number of hydrogen-bond donors (Lipinski definition) is 2. The first-order valence-corrected chi connectivity index (χ1v) is 5.66. The molecule has 1 aliphatic rings. The van der Waals surface area contributed by atoms with Gasteiger partial charge in [0.25, 0.3) is 0 Å². The minimum absolute atomic E-state index is 0.608. The van der Waals surface area contributed by atoms with Crippen molar-refractivity contribution in [1.82, 2.24) is 4.98 Å². The maximum Gasteiger partial charge on any atom is 0.0710 e. The highest BCUT2D eigenvalue weighted by molar-refractivity contribution is 5.83. The summed E-state index contributed by atoms with van der Waals surface area (Å²) in [6, 6.07) is 8.42. The Kier molecular flexibility index (Phi) is 2.07. The Morgan fingerprint density at radius 2 is 2.12 bits per heavy atom. The van der Waals surface area contributed by atoms with Crippen LogP contribution in [-0.4, -0.2) is 4.98 Å². The van der Waals surface area contributed by atoms with E-state index in [1.807, 2.05) is 0 Å². The number of fused-ring (bicyclic) bond motifs is 1. The van der Waals surface area contributed by atoms with E-state index in [0.29, 0.717) is 5.92 Å². The van der Waals surface area contributed by atoms with Crippen molar-refractivity contribution < 1.29 is 0 Å². The van der Waals surface area contributed by atoms with Gasteiger partial charge >= 0.3 is 0 Å². The van der Waals surface area contributed by atoms with Crippen molar-refractivity contribution in [3.05, 3.63) is 35.5 Å². The first kappa shape index (κ1) is 9.60. The predicted octanol–water partition coefficient (Wildman–Crippen LogP) is 2.71. The van der Waals surface area contributed by atoms with Gasteiger partial charge in [0.1, 0.15) is 0 Å². The maximum absolute atomic E-state index is 5.56. The van der Waals surface area contributed by atoms with Gasteiger partial charge in [0.2, 0.25) is 0 Å². The molecule has 0 radical (unpaired) electrons. The third kappa shape index (κ3) is 1.53. The molecule has 1 saturated carbocycles. The molecular formula is C13H15N3. The van der Waals surface area contributed by atoms with Crippen LogP contribution in [0.15, 0.2) is 24.3 Å². The second-order valence-electron chi connectivity index (χ2n) is 4.54. The molecule has 82 valence electrons. The fraction of sp³-hybridized carbons (Fsp3) is 0.308. The molecule has 1 aliphatic carbocycles. The lowest BCUT2D eigenvalue weighted by molar-refractivity contribution is 1.04. The number of nitrogens with zero attached hydrogens (tertiary/aromatic N) is 1. The van der Waals surface area contributed by atoms with Crippen LogP contribution in [0.4, 0.5) is 5.69 Å². The van der Waals surface area contributed by atoms with Gasteiger partial charge in [-0.25, -0.2) is 0 Å². The predicted molar refractivity (Wildman–Crippen MR) is 66.3 cm³/mol. The summed E-state index contributed by atoms with van der Waals surface area (Å²) in [5, 5.41) is 1.15. The lowest BCUT2D eigenvalue weighted by atomic mass is 10.1. The Morgan fingerprint density at radius 3 is 2.81 bits per heavy atom. The fourth-order valence-corrected chi connectivity index (χ4v) is 2.09. The van der Waals surface area contributed by atoms with Crippen molar-refractivity contribution in [2.45, 2.75) is 25.7 Å². The lowest BCUT2D eigenvalue weighted by Gasteiger charge is -2.09. The molecule has 3 nitrogen and oxygen atoms in total. The summed E-state index contributed by atoms with van der Waals surface area (Å²) >= 11 is 0. The van der Waals surface area contributed by atoms with E-state index in [1.54, 1.807) is 0 Å². The molecular weight excluding hydrogens is 198 g/mol. The zero-order valence-electron chi connectivity index (χ0n) is 9.33. The Balaban J connectivity index is 2.23.